The van der Waals surface area contributed by atoms with E-state index in [-0.39, 0.29) is 11.8 Å². The Bertz CT molecular complexity index is 991. The summed E-state index contributed by atoms with van der Waals surface area (Å²) < 4.78 is 37.7. The van der Waals surface area contributed by atoms with Crippen molar-refractivity contribution in [2.45, 2.75) is 30.9 Å². The van der Waals surface area contributed by atoms with Gasteiger partial charge in [-0.3, -0.25) is 9.59 Å². The molecule has 3 N–H and O–H groups in total. The number of anilines is 1. The van der Waals surface area contributed by atoms with Crippen LogP contribution in [0, 0.1) is 0 Å². The summed E-state index contributed by atoms with van der Waals surface area (Å²) in [4.78, 5) is 33.7. The summed E-state index contributed by atoms with van der Waals surface area (Å²) in [5.41, 5.74) is 1.88. The van der Waals surface area contributed by atoms with Crippen molar-refractivity contribution in [3.8, 4) is 0 Å². The van der Waals surface area contributed by atoms with Crippen molar-refractivity contribution in [2.24, 2.45) is 0 Å². The molecular weight excluding hydrogens is 521 g/mol. The Kier molecular flexibility index (Phi) is 9.63. The lowest BCUT2D eigenvalue weighted by Gasteiger charge is -2.16. The van der Waals surface area contributed by atoms with Gasteiger partial charge in [0.1, 0.15) is 0 Å². The monoisotopic (exact) mass is 544 g/mol. The molecule has 1 aliphatic rings. The number of amides is 2. The third kappa shape index (κ3) is 7.84. The highest BCUT2D eigenvalue weighted by molar-refractivity contribution is 9.10. The first-order valence-electron chi connectivity index (χ1n) is 10.2. The van der Waals surface area contributed by atoms with Crippen LogP contribution in [-0.2, 0) is 19.7 Å². The summed E-state index contributed by atoms with van der Waals surface area (Å²) in [5, 5.41) is 13.0. The number of rotatable bonds is 8. The normalized spacial score (nSPS) is 13.8. The molecule has 1 fully saturated rings. The minimum absolute atomic E-state index is 0.0743. The van der Waals surface area contributed by atoms with E-state index in [0.29, 0.717) is 24.4 Å². The quantitative estimate of drug-likeness (QED) is 0.424. The molecule has 0 saturated heterocycles. The highest BCUT2D eigenvalue weighted by Gasteiger charge is 2.51. The van der Waals surface area contributed by atoms with E-state index >= 15 is 0 Å². The highest BCUT2D eigenvalue weighted by atomic mass is 79.9. The predicted octanol–water partition coefficient (Wildman–Crippen LogP) is 4.52. The molecule has 1 aliphatic carbocycles. The molecule has 0 unspecified atom stereocenters. The largest absolute Gasteiger partial charge is 0.490 e. The van der Waals surface area contributed by atoms with Crippen molar-refractivity contribution in [2.75, 3.05) is 25.6 Å². The molecule has 0 radical (unpaired) electrons. The second-order valence-corrected chi connectivity index (χ2v) is 8.44. The first-order valence-corrected chi connectivity index (χ1v) is 11.0. The predicted molar refractivity (Wildman–Crippen MR) is 123 cm³/mol. The molecule has 11 heteroatoms. The van der Waals surface area contributed by atoms with Crippen molar-refractivity contribution < 1.29 is 37.4 Å². The number of aliphatic carboxylic acids is 1. The van der Waals surface area contributed by atoms with Crippen molar-refractivity contribution in [1.29, 1.82) is 0 Å². The van der Waals surface area contributed by atoms with Crippen molar-refractivity contribution in [3.63, 3.8) is 0 Å². The Balaban J connectivity index is 0.000000509. The van der Waals surface area contributed by atoms with Crippen molar-refractivity contribution in [1.82, 2.24) is 5.32 Å². The van der Waals surface area contributed by atoms with E-state index in [1.165, 1.54) is 0 Å². The van der Waals surface area contributed by atoms with Crippen LogP contribution in [0.15, 0.2) is 53.0 Å². The number of benzene rings is 2. The average molecular weight is 545 g/mol. The number of carbonyl (C=O) groups excluding carboxylic acids is 2. The number of hydrogen-bond acceptors (Lipinski definition) is 4. The fraction of sp³-hybridized carbons (Fsp3) is 0.348. The fourth-order valence-electron chi connectivity index (χ4n) is 3.04. The molecule has 34 heavy (non-hydrogen) atoms. The summed E-state index contributed by atoms with van der Waals surface area (Å²) in [6, 6.07) is 14.8. The summed E-state index contributed by atoms with van der Waals surface area (Å²) in [5.74, 6) is -2.84. The molecule has 2 aromatic carbocycles. The molecule has 2 aromatic rings. The zero-order chi connectivity index (χ0) is 25.4. The summed E-state index contributed by atoms with van der Waals surface area (Å²) in [6.07, 6.45) is -2.57. The smallest absolute Gasteiger partial charge is 0.475 e. The molecule has 3 rings (SSSR count). The van der Waals surface area contributed by atoms with Gasteiger partial charge in [-0.1, -0.05) is 28.1 Å². The molecule has 0 bridgehead atoms. The van der Waals surface area contributed by atoms with Gasteiger partial charge in [-0.15, -0.1) is 0 Å². The number of ether oxygens (including phenoxy) is 1. The summed E-state index contributed by atoms with van der Waals surface area (Å²) in [7, 11) is 1.65. The van der Waals surface area contributed by atoms with Crippen LogP contribution >= 0.6 is 15.9 Å². The first kappa shape index (κ1) is 27.3. The molecule has 0 spiro atoms. The molecule has 0 atom stereocenters. The van der Waals surface area contributed by atoms with E-state index in [0.717, 1.165) is 29.3 Å². The highest BCUT2D eigenvalue weighted by Crippen LogP contribution is 2.48. The second kappa shape index (κ2) is 12.0. The maximum atomic E-state index is 12.5. The van der Waals surface area contributed by atoms with Gasteiger partial charge in [0.2, 0.25) is 5.91 Å². The van der Waals surface area contributed by atoms with E-state index in [2.05, 4.69) is 26.6 Å². The Morgan fingerprint density at radius 2 is 1.62 bits per heavy atom. The number of alkyl halides is 3. The maximum absolute atomic E-state index is 12.5. The number of methoxy groups -OCH3 is 1. The third-order valence-corrected chi connectivity index (χ3v) is 5.57. The van der Waals surface area contributed by atoms with Crippen LogP contribution in [0.4, 0.5) is 18.9 Å². The van der Waals surface area contributed by atoms with E-state index < -0.39 is 17.6 Å². The van der Waals surface area contributed by atoms with E-state index in [1.54, 1.807) is 19.2 Å². The Labute approximate surface area is 202 Å². The van der Waals surface area contributed by atoms with Gasteiger partial charge in [0, 0.05) is 36.0 Å². The minimum atomic E-state index is -5.08. The lowest BCUT2D eigenvalue weighted by molar-refractivity contribution is -0.192. The Morgan fingerprint density at radius 1 is 1.06 bits per heavy atom. The SMILES string of the molecule is COCCCNC(=O)C1(c2ccc(NC(=O)c3ccc(Br)cc3)cc2)CC1.O=C(O)C(F)(F)F. The van der Waals surface area contributed by atoms with Gasteiger partial charge in [-0.2, -0.15) is 13.2 Å². The van der Waals surface area contributed by atoms with E-state index in [9.17, 15) is 22.8 Å². The number of halogens is 4. The first-order chi connectivity index (χ1) is 16.0. The standard InChI is InChI=1S/C21H23BrN2O3.C2HF3O2/c1-27-14-2-13-23-20(26)21(11-12-21)16-5-9-18(10-6-16)24-19(25)15-3-7-17(22)8-4-15;3-2(4,5)1(6)7/h3-10H,2,11-14H2,1H3,(H,23,26)(H,24,25);(H,6,7). The topological polar surface area (TPSA) is 105 Å². The molecule has 0 heterocycles. The van der Waals surface area contributed by atoms with Crippen LogP contribution in [0.5, 0.6) is 0 Å². The molecule has 184 valence electrons. The van der Waals surface area contributed by atoms with Crippen LogP contribution in [0.3, 0.4) is 0 Å². The summed E-state index contributed by atoms with van der Waals surface area (Å²) in [6.45, 7) is 1.26. The van der Waals surface area contributed by atoms with Gasteiger partial charge in [0.05, 0.1) is 5.41 Å². The van der Waals surface area contributed by atoms with Crippen LogP contribution < -0.4 is 10.6 Å². The lowest BCUT2D eigenvalue weighted by atomic mass is 9.94. The van der Waals surface area contributed by atoms with E-state index in [1.807, 2.05) is 36.4 Å². The molecule has 2 amide bonds. The van der Waals surface area contributed by atoms with Gasteiger partial charge in [0.25, 0.3) is 5.91 Å². The molecule has 7 nitrogen and oxygen atoms in total. The van der Waals surface area contributed by atoms with Crippen molar-refractivity contribution in [3.05, 3.63) is 64.1 Å². The molecular formula is C23H24BrF3N2O5. The van der Waals surface area contributed by atoms with Gasteiger partial charge >= 0.3 is 12.1 Å². The van der Waals surface area contributed by atoms with E-state index in [4.69, 9.17) is 14.6 Å². The molecule has 1 saturated carbocycles. The van der Waals surface area contributed by atoms with Crippen LogP contribution in [-0.4, -0.2) is 49.3 Å². The number of carboxylic acids is 1. The van der Waals surface area contributed by atoms with Gasteiger partial charge in [-0.25, -0.2) is 4.79 Å². The lowest BCUT2D eigenvalue weighted by Crippen LogP contribution is -2.35. The molecule has 0 aromatic heterocycles. The fourth-order valence-corrected chi connectivity index (χ4v) is 3.30. The Hall–Kier alpha value is -2.92. The molecule has 0 aliphatic heterocycles. The zero-order valence-corrected chi connectivity index (χ0v) is 19.8. The number of carboxylic acid groups (broad SMARTS) is 1. The van der Waals surface area contributed by atoms with Gasteiger partial charge in [-0.05, 0) is 61.2 Å². The van der Waals surface area contributed by atoms with Crippen molar-refractivity contribution >= 4 is 39.4 Å². The number of nitrogens with one attached hydrogen (secondary N) is 2. The second-order valence-electron chi connectivity index (χ2n) is 7.53. The van der Waals surface area contributed by atoms with Crippen LogP contribution in [0.25, 0.3) is 0 Å². The number of carbonyl (C=O) groups is 3. The van der Waals surface area contributed by atoms with Gasteiger partial charge < -0.3 is 20.5 Å². The summed E-state index contributed by atoms with van der Waals surface area (Å²) >= 11 is 3.36. The number of hydrogen-bond donors (Lipinski definition) is 3. The van der Waals surface area contributed by atoms with Gasteiger partial charge in [0.15, 0.2) is 0 Å². The minimum Gasteiger partial charge on any atom is -0.475 e. The maximum Gasteiger partial charge on any atom is 0.490 e. The van der Waals surface area contributed by atoms with Crippen LogP contribution in [0.2, 0.25) is 0 Å². The third-order valence-electron chi connectivity index (χ3n) is 5.04. The Morgan fingerprint density at radius 3 is 2.09 bits per heavy atom. The zero-order valence-electron chi connectivity index (χ0n) is 18.2. The average Bonchev–Trinajstić information content (AvgIpc) is 3.59. The van der Waals surface area contributed by atoms with Crippen LogP contribution in [0.1, 0.15) is 35.2 Å².